The molecule has 0 spiro atoms. The number of rotatable bonds is 8. The number of carbonyl (C=O) groups excluding carboxylic acids is 1. The molecule has 7 heteroatoms. The highest BCUT2D eigenvalue weighted by atomic mass is 32.1. The summed E-state index contributed by atoms with van der Waals surface area (Å²) < 4.78 is 1.76. The maximum Gasteiger partial charge on any atom is 0.241 e. The minimum atomic E-state index is -0.379. The highest BCUT2D eigenvalue weighted by Gasteiger charge is 2.19. The minimum Gasteiger partial charge on any atom is -0.325 e. The first-order chi connectivity index (χ1) is 14.7. The largest absolute Gasteiger partial charge is 0.325 e. The Balaban J connectivity index is 1.49. The Bertz CT molecular complexity index is 1090. The van der Waals surface area contributed by atoms with Crippen molar-refractivity contribution in [3.05, 3.63) is 89.1 Å². The number of hydrogen-bond donors (Lipinski definition) is 2. The molecule has 1 atom stereocenters. The first kappa shape index (κ1) is 20.0. The van der Waals surface area contributed by atoms with Gasteiger partial charge in [-0.05, 0) is 29.7 Å². The molecule has 152 valence electrons. The van der Waals surface area contributed by atoms with Gasteiger partial charge in [-0.2, -0.15) is 5.10 Å². The van der Waals surface area contributed by atoms with Crippen LogP contribution in [0.1, 0.15) is 11.3 Å². The van der Waals surface area contributed by atoms with Crippen LogP contribution in [0.15, 0.2) is 77.9 Å². The fraction of sp³-hybridized carbons (Fsp3) is 0.174. The Kier molecular flexibility index (Phi) is 6.32. The number of amides is 1. The molecule has 0 aliphatic carbocycles. The monoisotopic (exact) mass is 417 g/mol. The number of aryl methyl sites for hydroxylation is 1. The summed E-state index contributed by atoms with van der Waals surface area (Å²) in [5.41, 5.74) is 6.62. The first-order valence-electron chi connectivity index (χ1n) is 9.72. The summed E-state index contributed by atoms with van der Waals surface area (Å²) in [6.07, 6.45) is 4.36. The minimum absolute atomic E-state index is 0.0718. The number of benzene rings is 2. The SMILES string of the molecule is Cn1cc(-c2cccc(NC(=O)[C@H](Cc3ccccc3)NCc3cscn3)c2)cn1. The third-order valence-corrected chi connectivity index (χ3v) is 5.42. The lowest BCUT2D eigenvalue weighted by Gasteiger charge is -2.18. The zero-order valence-electron chi connectivity index (χ0n) is 16.7. The van der Waals surface area contributed by atoms with E-state index in [0.29, 0.717) is 13.0 Å². The van der Waals surface area contributed by atoms with Gasteiger partial charge in [-0.3, -0.25) is 14.8 Å². The number of anilines is 1. The summed E-state index contributed by atoms with van der Waals surface area (Å²) in [6, 6.07) is 17.5. The molecule has 0 aliphatic heterocycles. The van der Waals surface area contributed by atoms with Crippen LogP contribution < -0.4 is 10.6 Å². The summed E-state index contributed by atoms with van der Waals surface area (Å²) in [4.78, 5) is 17.4. The van der Waals surface area contributed by atoms with Crippen molar-refractivity contribution in [2.24, 2.45) is 7.05 Å². The second-order valence-corrected chi connectivity index (χ2v) is 7.79. The predicted octanol–water partition coefficient (Wildman–Crippen LogP) is 3.88. The zero-order chi connectivity index (χ0) is 20.8. The van der Waals surface area contributed by atoms with Crippen LogP contribution in [0.4, 0.5) is 5.69 Å². The van der Waals surface area contributed by atoms with Crippen LogP contribution in [-0.4, -0.2) is 26.7 Å². The van der Waals surface area contributed by atoms with E-state index in [0.717, 1.165) is 28.1 Å². The van der Waals surface area contributed by atoms with Gasteiger partial charge in [0.15, 0.2) is 0 Å². The highest BCUT2D eigenvalue weighted by Crippen LogP contribution is 2.22. The number of thiazole rings is 1. The summed E-state index contributed by atoms with van der Waals surface area (Å²) >= 11 is 1.55. The Morgan fingerprint density at radius 3 is 2.73 bits per heavy atom. The van der Waals surface area contributed by atoms with E-state index < -0.39 is 0 Å². The van der Waals surface area contributed by atoms with E-state index in [9.17, 15) is 4.79 Å². The maximum absolute atomic E-state index is 13.1. The van der Waals surface area contributed by atoms with Crippen molar-refractivity contribution >= 4 is 22.9 Å². The van der Waals surface area contributed by atoms with E-state index in [4.69, 9.17) is 0 Å². The van der Waals surface area contributed by atoms with Gasteiger partial charge in [0.2, 0.25) is 5.91 Å². The topological polar surface area (TPSA) is 71.8 Å². The molecule has 0 saturated heterocycles. The number of nitrogens with zero attached hydrogens (tertiary/aromatic N) is 3. The lowest BCUT2D eigenvalue weighted by atomic mass is 10.0. The summed E-state index contributed by atoms with van der Waals surface area (Å²) in [6.45, 7) is 0.546. The molecule has 1 amide bonds. The molecule has 2 aromatic carbocycles. The quantitative estimate of drug-likeness (QED) is 0.456. The Hall–Kier alpha value is -3.29. The van der Waals surface area contributed by atoms with Crippen LogP contribution in [0, 0.1) is 0 Å². The van der Waals surface area contributed by atoms with Crippen LogP contribution in [-0.2, 0) is 24.8 Å². The van der Waals surface area contributed by atoms with Gasteiger partial charge in [0.1, 0.15) is 0 Å². The molecule has 30 heavy (non-hydrogen) atoms. The second-order valence-electron chi connectivity index (χ2n) is 7.08. The Labute approximate surface area is 179 Å². The lowest BCUT2D eigenvalue weighted by molar-refractivity contribution is -0.118. The zero-order valence-corrected chi connectivity index (χ0v) is 17.5. The average Bonchev–Trinajstić information content (AvgIpc) is 3.44. The number of carbonyl (C=O) groups is 1. The van der Waals surface area contributed by atoms with E-state index in [1.807, 2.05) is 79.4 Å². The van der Waals surface area contributed by atoms with Gasteiger partial charge in [0.05, 0.1) is 23.4 Å². The average molecular weight is 418 g/mol. The van der Waals surface area contributed by atoms with Crippen LogP contribution in [0.2, 0.25) is 0 Å². The van der Waals surface area contributed by atoms with Crippen molar-refractivity contribution < 1.29 is 4.79 Å². The van der Waals surface area contributed by atoms with Crippen LogP contribution in [0.5, 0.6) is 0 Å². The van der Waals surface area contributed by atoms with E-state index in [1.54, 1.807) is 21.5 Å². The van der Waals surface area contributed by atoms with Crippen molar-refractivity contribution in [2.45, 2.75) is 19.0 Å². The standard InChI is InChI=1S/C23H23N5OS/c1-28-14-19(12-26-28)18-8-5-9-20(11-18)27-23(29)22(10-17-6-3-2-4-7-17)24-13-21-15-30-16-25-21/h2-9,11-12,14-16,22,24H,10,13H2,1H3,(H,27,29)/t22-/m0/s1. The van der Waals surface area contributed by atoms with Crippen LogP contribution in [0.3, 0.4) is 0 Å². The summed E-state index contributed by atoms with van der Waals surface area (Å²) in [5, 5.41) is 12.6. The van der Waals surface area contributed by atoms with Crippen molar-refractivity contribution in [3.63, 3.8) is 0 Å². The summed E-state index contributed by atoms with van der Waals surface area (Å²) in [7, 11) is 1.89. The van der Waals surface area contributed by atoms with E-state index in [2.05, 4.69) is 20.7 Å². The molecule has 2 N–H and O–H groups in total. The molecule has 2 heterocycles. The highest BCUT2D eigenvalue weighted by molar-refractivity contribution is 7.07. The molecule has 0 fully saturated rings. The maximum atomic E-state index is 13.1. The predicted molar refractivity (Wildman–Crippen MR) is 120 cm³/mol. The molecule has 0 saturated carbocycles. The van der Waals surface area contributed by atoms with E-state index in [-0.39, 0.29) is 11.9 Å². The number of nitrogens with one attached hydrogen (secondary N) is 2. The smallest absolute Gasteiger partial charge is 0.241 e. The lowest BCUT2D eigenvalue weighted by Crippen LogP contribution is -2.41. The molecular formula is C23H23N5OS. The second kappa shape index (κ2) is 9.47. The van der Waals surface area contributed by atoms with Gasteiger partial charge in [-0.1, -0.05) is 42.5 Å². The third kappa shape index (κ3) is 5.20. The third-order valence-electron chi connectivity index (χ3n) is 4.78. The van der Waals surface area contributed by atoms with Gasteiger partial charge in [-0.25, -0.2) is 4.98 Å². The number of aromatic nitrogens is 3. The van der Waals surface area contributed by atoms with Gasteiger partial charge in [0.25, 0.3) is 0 Å². The van der Waals surface area contributed by atoms with E-state index >= 15 is 0 Å². The van der Waals surface area contributed by atoms with E-state index in [1.165, 1.54) is 0 Å². The molecule has 2 aromatic heterocycles. The van der Waals surface area contributed by atoms with Crippen molar-refractivity contribution in [2.75, 3.05) is 5.32 Å². The normalized spacial score (nSPS) is 11.9. The van der Waals surface area contributed by atoms with Gasteiger partial charge < -0.3 is 5.32 Å². The molecule has 0 radical (unpaired) electrons. The molecule has 0 unspecified atom stereocenters. The summed E-state index contributed by atoms with van der Waals surface area (Å²) in [5.74, 6) is -0.0718. The molecule has 4 aromatic rings. The molecule has 4 rings (SSSR count). The fourth-order valence-corrected chi connectivity index (χ4v) is 3.79. The van der Waals surface area contributed by atoms with Crippen molar-refractivity contribution in [1.29, 1.82) is 0 Å². The molecular weight excluding hydrogens is 394 g/mol. The molecule has 0 aliphatic rings. The molecule has 0 bridgehead atoms. The fourth-order valence-electron chi connectivity index (χ4n) is 3.24. The van der Waals surface area contributed by atoms with Crippen molar-refractivity contribution in [1.82, 2.24) is 20.1 Å². The Morgan fingerprint density at radius 2 is 2.00 bits per heavy atom. The molecule has 6 nitrogen and oxygen atoms in total. The van der Waals surface area contributed by atoms with Crippen LogP contribution in [0.25, 0.3) is 11.1 Å². The Morgan fingerprint density at radius 1 is 1.13 bits per heavy atom. The first-order valence-corrected chi connectivity index (χ1v) is 10.7. The van der Waals surface area contributed by atoms with Gasteiger partial charge >= 0.3 is 0 Å². The number of hydrogen-bond acceptors (Lipinski definition) is 5. The van der Waals surface area contributed by atoms with Gasteiger partial charge in [0, 0.05) is 36.4 Å². The van der Waals surface area contributed by atoms with Gasteiger partial charge in [-0.15, -0.1) is 11.3 Å². The van der Waals surface area contributed by atoms with Crippen molar-refractivity contribution in [3.8, 4) is 11.1 Å². The van der Waals surface area contributed by atoms with Crippen LogP contribution >= 0.6 is 11.3 Å².